The van der Waals surface area contributed by atoms with Gasteiger partial charge in [-0.25, -0.2) is 0 Å². The van der Waals surface area contributed by atoms with Gasteiger partial charge < -0.3 is 10.4 Å². The average Bonchev–Trinajstić information content (AvgIpc) is 1.88. The number of nitrogens with one attached hydrogen (secondary N) is 1. The van der Waals surface area contributed by atoms with Crippen LogP contribution < -0.4 is 5.32 Å². The van der Waals surface area contributed by atoms with Gasteiger partial charge in [-0.3, -0.25) is 0 Å². The van der Waals surface area contributed by atoms with Crippen LogP contribution in [0.5, 0.6) is 0 Å². The Morgan fingerprint density at radius 1 is 1.60 bits per heavy atom. The van der Waals surface area contributed by atoms with Crippen molar-refractivity contribution in [1.82, 2.24) is 5.32 Å². The second-order valence-electron chi connectivity index (χ2n) is 3.00. The fourth-order valence-corrected chi connectivity index (χ4v) is 1.84. The van der Waals surface area contributed by atoms with E-state index in [1.54, 1.807) is 0 Å². The Balaban J connectivity index is 2.45. The van der Waals surface area contributed by atoms with Gasteiger partial charge in [0, 0.05) is 19.1 Å². The minimum atomic E-state index is 0.105. The summed E-state index contributed by atoms with van der Waals surface area (Å²) >= 11 is 5.96. The molecule has 2 nitrogen and oxygen atoms in total. The Morgan fingerprint density at radius 2 is 2.30 bits per heavy atom. The summed E-state index contributed by atoms with van der Waals surface area (Å²) < 4.78 is 0. The van der Waals surface area contributed by atoms with Gasteiger partial charge in [-0.1, -0.05) is 6.92 Å². The fourth-order valence-electron chi connectivity index (χ4n) is 1.40. The van der Waals surface area contributed by atoms with Crippen molar-refractivity contribution in [2.45, 2.75) is 12.3 Å². The first-order valence-corrected chi connectivity index (χ1v) is 4.15. The Hall–Kier alpha value is 0.210. The lowest BCUT2D eigenvalue weighted by molar-refractivity contribution is 0.156. The molecule has 0 bridgehead atoms. The Kier molecular flexibility index (Phi) is 2.96. The van der Waals surface area contributed by atoms with E-state index in [4.69, 9.17) is 16.7 Å². The summed E-state index contributed by atoms with van der Waals surface area (Å²) in [6.45, 7) is 4.14. The first kappa shape index (κ1) is 8.31. The topological polar surface area (TPSA) is 32.3 Å². The number of hydrogen-bond acceptors (Lipinski definition) is 2. The molecular weight excluding hydrogens is 150 g/mol. The largest absolute Gasteiger partial charge is 0.396 e. The lowest BCUT2D eigenvalue weighted by atomic mass is 9.88. The van der Waals surface area contributed by atoms with Crippen molar-refractivity contribution in [2.24, 2.45) is 11.8 Å². The zero-order valence-electron chi connectivity index (χ0n) is 6.18. The van der Waals surface area contributed by atoms with E-state index in [0.29, 0.717) is 5.92 Å². The van der Waals surface area contributed by atoms with Crippen molar-refractivity contribution >= 4 is 11.6 Å². The van der Waals surface area contributed by atoms with E-state index in [9.17, 15) is 0 Å². The lowest BCUT2D eigenvalue weighted by Gasteiger charge is -2.32. The summed E-state index contributed by atoms with van der Waals surface area (Å²) in [4.78, 5) is 0. The molecule has 1 fully saturated rings. The molecule has 0 aromatic heterocycles. The van der Waals surface area contributed by atoms with Crippen LogP contribution in [0.15, 0.2) is 0 Å². The molecule has 0 radical (unpaired) electrons. The summed E-state index contributed by atoms with van der Waals surface area (Å²) in [5.41, 5.74) is 0. The molecule has 0 aromatic rings. The van der Waals surface area contributed by atoms with Crippen molar-refractivity contribution in [3.8, 4) is 0 Å². The molecule has 0 aromatic carbocycles. The zero-order valence-corrected chi connectivity index (χ0v) is 6.93. The van der Waals surface area contributed by atoms with Crippen LogP contribution in [0, 0.1) is 11.8 Å². The Bertz CT molecular complexity index is 99.8. The number of hydrogen-bond donors (Lipinski definition) is 2. The number of alkyl halides is 1. The van der Waals surface area contributed by atoms with Crippen LogP contribution in [0.4, 0.5) is 0 Å². The predicted molar refractivity (Wildman–Crippen MR) is 42.3 cm³/mol. The summed E-state index contributed by atoms with van der Waals surface area (Å²) in [5.74, 6) is 0.782. The lowest BCUT2D eigenvalue weighted by Crippen LogP contribution is -2.44. The van der Waals surface area contributed by atoms with Gasteiger partial charge in [0.05, 0.1) is 5.38 Å². The van der Waals surface area contributed by atoms with E-state index in [-0.39, 0.29) is 17.9 Å². The van der Waals surface area contributed by atoms with E-state index < -0.39 is 0 Å². The molecule has 0 saturated carbocycles. The highest BCUT2D eigenvalue weighted by Gasteiger charge is 2.27. The SMILES string of the molecule is CC1CNCC(Cl)C1CO. The summed E-state index contributed by atoms with van der Waals surface area (Å²) in [6, 6.07) is 0. The van der Waals surface area contributed by atoms with Crippen molar-refractivity contribution in [2.75, 3.05) is 19.7 Å². The van der Waals surface area contributed by atoms with Crippen LogP contribution in [0.1, 0.15) is 6.92 Å². The number of aliphatic hydroxyl groups excluding tert-OH is 1. The molecule has 60 valence electrons. The normalized spacial score (nSPS) is 41.7. The van der Waals surface area contributed by atoms with Crippen LogP contribution in [-0.2, 0) is 0 Å². The molecule has 0 amide bonds. The molecule has 1 aliphatic heterocycles. The van der Waals surface area contributed by atoms with Gasteiger partial charge in [0.2, 0.25) is 0 Å². The van der Waals surface area contributed by atoms with E-state index >= 15 is 0 Å². The smallest absolute Gasteiger partial charge is 0.0513 e. The molecule has 10 heavy (non-hydrogen) atoms. The van der Waals surface area contributed by atoms with Crippen LogP contribution in [0.3, 0.4) is 0 Å². The van der Waals surface area contributed by atoms with Gasteiger partial charge >= 0.3 is 0 Å². The Labute approximate surface area is 66.6 Å². The number of piperidine rings is 1. The van der Waals surface area contributed by atoms with Crippen molar-refractivity contribution in [3.63, 3.8) is 0 Å². The standard InChI is InChI=1S/C7H14ClNO/c1-5-2-9-3-7(8)6(5)4-10/h5-7,9-10H,2-4H2,1H3. The molecule has 3 unspecified atom stereocenters. The minimum Gasteiger partial charge on any atom is -0.396 e. The third-order valence-electron chi connectivity index (χ3n) is 2.21. The van der Waals surface area contributed by atoms with E-state index in [0.717, 1.165) is 13.1 Å². The first-order valence-electron chi connectivity index (χ1n) is 3.71. The van der Waals surface area contributed by atoms with E-state index in [1.165, 1.54) is 0 Å². The Morgan fingerprint density at radius 3 is 2.70 bits per heavy atom. The maximum atomic E-state index is 8.92. The average molecular weight is 164 g/mol. The summed E-state index contributed by atoms with van der Waals surface area (Å²) in [5, 5.41) is 12.2. The van der Waals surface area contributed by atoms with Crippen LogP contribution in [-0.4, -0.2) is 30.2 Å². The second kappa shape index (κ2) is 3.56. The van der Waals surface area contributed by atoms with Gasteiger partial charge in [0.1, 0.15) is 0 Å². The monoisotopic (exact) mass is 163 g/mol. The molecule has 1 rings (SSSR count). The van der Waals surface area contributed by atoms with Gasteiger partial charge in [-0.2, -0.15) is 0 Å². The minimum absolute atomic E-state index is 0.105. The molecule has 0 aliphatic carbocycles. The van der Waals surface area contributed by atoms with Gasteiger partial charge in [-0.05, 0) is 12.5 Å². The van der Waals surface area contributed by atoms with Crippen LogP contribution in [0.2, 0.25) is 0 Å². The molecule has 1 heterocycles. The quantitative estimate of drug-likeness (QED) is 0.550. The number of rotatable bonds is 1. The number of aliphatic hydroxyl groups is 1. The maximum absolute atomic E-state index is 8.92. The second-order valence-corrected chi connectivity index (χ2v) is 3.56. The highest BCUT2D eigenvalue weighted by atomic mass is 35.5. The van der Waals surface area contributed by atoms with Crippen molar-refractivity contribution in [1.29, 1.82) is 0 Å². The highest BCUT2D eigenvalue weighted by molar-refractivity contribution is 6.21. The predicted octanol–water partition coefficient (Wildman–Crippen LogP) is 0.442. The molecule has 3 heteroatoms. The third kappa shape index (κ3) is 1.62. The molecule has 1 saturated heterocycles. The molecule has 3 atom stereocenters. The van der Waals surface area contributed by atoms with Crippen molar-refractivity contribution in [3.05, 3.63) is 0 Å². The van der Waals surface area contributed by atoms with Crippen LogP contribution >= 0.6 is 11.6 Å². The van der Waals surface area contributed by atoms with E-state index in [1.807, 2.05) is 0 Å². The van der Waals surface area contributed by atoms with Gasteiger partial charge in [0.15, 0.2) is 0 Å². The van der Waals surface area contributed by atoms with E-state index in [2.05, 4.69) is 12.2 Å². The number of halogens is 1. The zero-order chi connectivity index (χ0) is 7.56. The molecule has 0 spiro atoms. The first-order chi connectivity index (χ1) is 4.75. The third-order valence-corrected chi connectivity index (χ3v) is 2.69. The maximum Gasteiger partial charge on any atom is 0.0513 e. The fraction of sp³-hybridized carbons (Fsp3) is 1.00. The molecule has 1 aliphatic rings. The van der Waals surface area contributed by atoms with Gasteiger partial charge in [-0.15, -0.1) is 11.6 Å². The highest BCUT2D eigenvalue weighted by Crippen LogP contribution is 2.22. The summed E-state index contributed by atoms with van der Waals surface area (Å²) in [7, 11) is 0. The van der Waals surface area contributed by atoms with Crippen LogP contribution in [0.25, 0.3) is 0 Å². The van der Waals surface area contributed by atoms with Crippen molar-refractivity contribution < 1.29 is 5.11 Å². The molecular formula is C7H14ClNO. The molecule has 2 N–H and O–H groups in total. The summed E-state index contributed by atoms with van der Waals surface area (Å²) in [6.07, 6.45) is 0. The van der Waals surface area contributed by atoms with Gasteiger partial charge in [0.25, 0.3) is 0 Å².